The number of benzene rings is 1. The third-order valence-corrected chi connectivity index (χ3v) is 3.36. The van der Waals surface area contributed by atoms with E-state index in [2.05, 4.69) is 29.1 Å². The van der Waals surface area contributed by atoms with Crippen LogP contribution in [0.5, 0.6) is 0 Å². The fourth-order valence-corrected chi connectivity index (χ4v) is 2.14. The zero-order valence-electron chi connectivity index (χ0n) is 12.2. The SMILES string of the molecule is CC(C)CNCc1cnc(Cc2ccc(F)cc2Cl)nc1. The smallest absolute Gasteiger partial charge is 0.132 e. The lowest BCUT2D eigenvalue weighted by atomic mass is 10.1. The molecule has 0 aliphatic carbocycles. The predicted molar refractivity (Wildman–Crippen MR) is 82.8 cm³/mol. The molecule has 1 aromatic heterocycles. The van der Waals surface area contributed by atoms with Crippen LogP contribution in [0.3, 0.4) is 0 Å². The number of hydrogen-bond donors (Lipinski definition) is 1. The molecule has 0 aliphatic heterocycles. The molecule has 1 N–H and O–H groups in total. The van der Waals surface area contributed by atoms with Gasteiger partial charge in [0, 0.05) is 35.9 Å². The number of rotatable bonds is 6. The molecule has 0 aliphatic rings. The maximum absolute atomic E-state index is 13.0. The van der Waals surface area contributed by atoms with Crippen LogP contribution < -0.4 is 5.32 Å². The number of nitrogens with one attached hydrogen (secondary N) is 1. The van der Waals surface area contributed by atoms with E-state index in [1.807, 2.05) is 12.4 Å². The monoisotopic (exact) mass is 307 g/mol. The Labute approximate surface area is 129 Å². The molecule has 5 heteroatoms. The molecule has 112 valence electrons. The third-order valence-electron chi connectivity index (χ3n) is 3.00. The second-order valence-electron chi connectivity index (χ2n) is 5.44. The summed E-state index contributed by atoms with van der Waals surface area (Å²) in [6.45, 7) is 6.06. The maximum atomic E-state index is 13.0. The standard InChI is InChI=1S/C16H19ClFN3/c1-11(2)7-19-8-12-9-20-16(21-10-12)5-13-3-4-14(18)6-15(13)17/h3-4,6,9-11,19H,5,7-8H2,1-2H3. The van der Waals surface area contributed by atoms with E-state index in [0.717, 1.165) is 24.2 Å². The highest BCUT2D eigenvalue weighted by Gasteiger charge is 2.05. The highest BCUT2D eigenvalue weighted by Crippen LogP contribution is 2.19. The molecular weight excluding hydrogens is 289 g/mol. The van der Waals surface area contributed by atoms with E-state index in [1.165, 1.54) is 12.1 Å². The molecule has 0 spiro atoms. The van der Waals surface area contributed by atoms with Gasteiger partial charge in [0.25, 0.3) is 0 Å². The van der Waals surface area contributed by atoms with Gasteiger partial charge in [0.15, 0.2) is 0 Å². The summed E-state index contributed by atoms with van der Waals surface area (Å²) in [5.74, 6) is 0.957. The van der Waals surface area contributed by atoms with Gasteiger partial charge in [-0.15, -0.1) is 0 Å². The Kier molecular flexibility index (Phi) is 5.65. The molecule has 2 rings (SSSR count). The molecule has 0 fully saturated rings. The van der Waals surface area contributed by atoms with Gasteiger partial charge in [-0.2, -0.15) is 0 Å². The van der Waals surface area contributed by atoms with Crippen LogP contribution in [0.25, 0.3) is 0 Å². The number of hydrogen-bond acceptors (Lipinski definition) is 3. The molecule has 0 amide bonds. The van der Waals surface area contributed by atoms with Gasteiger partial charge in [-0.05, 0) is 30.2 Å². The first-order valence-corrected chi connectivity index (χ1v) is 7.37. The van der Waals surface area contributed by atoms with Crippen molar-refractivity contribution in [3.05, 3.63) is 58.4 Å². The molecule has 2 aromatic rings. The van der Waals surface area contributed by atoms with Crippen LogP contribution in [0.2, 0.25) is 5.02 Å². The van der Waals surface area contributed by atoms with Crippen molar-refractivity contribution < 1.29 is 4.39 Å². The highest BCUT2D eigenvalue weighted by molar-refractivity contribution is 6.31. The largest absolute Gasteiger partial charge is 0.312 e. The fourth-order valence-electron chi connectivity index (χ4n) is 1.90. The van der Waals surface area contributed by atoms with Crippen LogP contribution in [-0.4, -0.2) is 16.5 Å². The zero-order valence-corrected chi connectivity index (χ0v) is 13.0. The van der Waals surface area contributed by atoms with Gasteiger partial charge >= 0.3 is 0 Å². The molecule has 0 bridgehead atoms. The van der Waals surface area contributed by atoms with Crippen LogP contribution in [0.4, 0.5) is 4.39 Å². The van der Waals surface area contributed by atoms with Crippen molar-refractivity contribution in [2.24, 2.45) is 5.92 Å². The normalized spacial score (nSPS) is 11.1. The summed E-state index contributed by atoms with van der Waals surface area (Å²) in [6.07, 6.45) is 4.12. The minimum atomic E-state index is -0.337. The van der Waals surface area contributed by atoms with E-state index in [1.54, 1.807) is 6.07 Å². The lowest BCUT2D eigenvalue weighted by Crippen LogP contribution is -2.19. The summed E-state index contributed by atoms with van der Waals surface area (Å²) in [4.78, 5) is 8.66. The average molecular weight is 308 g/mol. The van der Waals surface area contributed by atoms with Gasteiger partial charge in [-0.3, -0.25) is 0 Å². The Hall–Kier alpha value is -1.52. The van der Waals surface area contributed by atoms with Gasteiger partial charge < -0.3 is 5.32 Å². The Morgan fingerprint density at radius 2 is 1.95 bits per heavy atom. The summed E-state index contributed by atoms with van der Waals surface area (Å²) in [5.41, 5.74) is 1.87. The summed E-state index contributed by atoms with van der Waals surface area (Å²) in [7, 11) is 0. The topological polar surface area (TPSA) is 37.8 Å². The minimum Gasteiger partial charge on any atom is -0.312 e. The van der Waals surface area contributed by atoms with Crippen molar-refractivity contribution >= 4 is 11.6 Å². The second-order valence-corrected chi connectivity index (χ2v) is 5.85. The summed E-state index contributed by atoms with van der Waals surface area (Å²) < 4.78 is 13.0. The molecule has 0 saturated carbocycles. The third kappa shape index (κ3) is 5.06. The number of halogens is 2. The first-order chi connectivity index (χ1) is 10.0. The molecule has 3 nitrogen and oxygen atoms in total. The van der Waals surface area contributed by atoms with Crippen molar-refractivity contribution in [1.29, 1.82) is 0 Å². The van der Waals surface area contributed by atoms with Gasteiger partial charge in [0.2, 0.25) is 0 Å². The van der Waals surface area contributed by atoms with Gasteiger partial charge in [0.1, 0.15) is 11.6 Å². The van der Waals surface area contributed by atoms with Gasteiger partial charge in [-0.25, -0.2) is 14.4 Å². The van der Waals surface area contributed by atoms with Crippen LogP contribution in [0.15, 0.2) is 30.6 Å². The molecule has 0 radical (unpaired) electrons. The van der Waals surface area contributed by atoms with Crippen LogP contribution in [-0.2, 0) is 13.0 Å². The lowest BCUT2D eigenvalue weighted by Gasteiger charge is -2.08. The van der Waals surface area contributed by atoms with Gasteiger partial charge in [0.05, 0.1) is 0 Å². The first kappa shape index (κ1) is 15.9. The molecule has 1 heterocycles. The van der Waals surface area contributed by atoms with Crippen LogP contribution >= 0.6 is 11.6 Å². The Balaban J connectivity index is 1.95. The minimum absolute atomic E-state index is 0.337. The summed E-state index contributed by atoms with van der Waals surface area (Å²) in [5, 5.41) is 3.75. The van der Waals surface area contributed by atoms with E-state index in [9.17, 15) is 4.39 Å². The van der Waals surface area contributed by atoms with Crippen LogP contribution in [0.1, 0.15) is 30.8 Å². The molecule has 0 unspecified atom stereocenters. The van der Waals surface area contributed by atoms with Crippen molar-refractivity contribution in [1.82, 2.24) is 15.3 Å². The maximum Gasteiger partial charge on any atom is 0.132 e. The van der Waals surface area contributed by atoms with E-state index >= 15 is 0 Å². The Bertz CT molecular complexity index is 585. The molecule has 1 aromatic carbocycles. The average Bonchev–Trinajstić information content (AvgIpc) is 2.43. The molecular formula is C16H19ClFN3. The molecule has 0 saturated heterocycles. The fraction of sp³-hybridized carbons (Fsp3) is 0.375. The Morgan fingerprint density at radius 3 is 2.57 bits per heavy atom. The van der Waals surface area contributed by atoms with Crippen molar-refractivity contribution in [3.8, 4) is 0 Å². The summed E-state index contributed by atoms with van der Waals surface area (Å²) in [6, 6.07) is 4.37. The van der Waals surface area contributed by atoms with Crippen molar-refractivity contribution in [3.63, 3.8) is 0 Å². The van der Waals surface area contributed by atoms with E-state index in [-0.39, 0.29) is 5.82 Å². The highest BCUT2D eigenvalue weighted by atomic mass is 35.5. The van der Waals surface area contributed by atoms with Crippen molar-refractivity contribution in [2.45, 2.75) is 26.8 Å². The molecule has 21 heavy (non-hydrogen) atoms. The number of nitrogens with zero attached hydrogens (tertiary/aromatic N) is 2. The van der Waals surface area contributed by atoms with E-state index in [0.29, 0.717) is 23.2 Å². The second kappa shape index (κ2) is 7.48. The quantitative estimate of drug-likeness (QED) is 0.886. The van der Waals surface area contributed by atoms with E-state index in [4.69, 9.17) is 11.6 Å². The van der Waals surface area contributed by atoms with Crippen LogP contribution in [0, 0.1) is 11.7 Å². The van der Waals surface area contributed by atoms with Gasteiger partial charge in [-0.1, -0.05) is 31.5 Å². The number of aromatic nitrogens is 2. The van der Waals surface area contributed by atoms with E-state index < -0.39 is 0 Å². The van der Waals surface area contributed by atoms with Crippen molar-refractivity contribution in [2.75, 3.05) is 6.54 Å². The Morgan fingerprint density at radius 1 is 1.24 bits per heavy atom. The summed E-state index contributed by atoms with van der Waals surface area (Å²) >= 11 is 6.00. The zero-order chi connectivity index (χ0) is 15.2. The first-order valence-electron chi connectivity index (χ1n) is 6.99. The predicted octanol–water partition coefficient (Wildman–Crippen LogP) is 3.61. The lowest BCUT2D eigenvalue weighted by molar-refractivity contribution is 0.551. The molecule has 0 atom stereocenters.